The minimum Gasteiger partial charge on any atom is -0.366 e. The number of hydrogen-bond donors (Lipinski definition) is 2. The average molecular weight is 486 g/mol. The van der Waals surface area contributed by atoms with Crippen molar-refractivity contribution >= 4 is 39.1 Å². The summed E-state index contributed by atoms with van der Waals surface area (Å²) in [5.74, 6) is -0.906. The van der Waals surface area contributed by atoms with E-state index in [0.717, 1.165) is 0 Å². The molecule has 0 unspecified atom stereocenters. The van der Waals surface area contributed by atoms with E-state index in [9.17, 15) is 22.8 Å². The van der Waals surface area contributed by atoms with Crippen LogP contribution in [0.5, 0.6) is 0 Å². The Labute approximate surface area is 198 Å². The molecule has 2 aromatic carbocycles. The molecule has 3 N–H and O–H groups in total. The Kier molecular flexibility index (Phi) is 6.69. The van der Waals surface area contributed by atoms with E-state index >= 15 is 0 Å². The second-order valence-electron chi connectivity index (χ2n) is 8.45. The summed E-state index contributed by atoms with van der Waals surface area (Å²) in [4.78, 5) is 40.3. The minimum atomic E-state index is -3.72. The van der Waals surface area contributed by atoms with E-state index in [1.807, 2.05) is 24.0 Å². The van der Waals surface area contributed by atoms with Crippen LogP contribution in [0.25, 0.3) is 0 Å². The maximum atomic E-state index is 13.3. The van der Waals surface area contributed by atoms with Crippen molar-refractivity contribution in [3.8, 4) is 0 Å². The molecule has 11 heteroatoms. The van der Waals surface area contributed by atoms with Gasteiger partial charge in [-0.05, 0) is 43.3 Å². The minimum absolute atomic E-state index is 0.0918. The summed E-state index contributed by atoms with van der Waals surface area (Å²) in [6, 6.07) is 12.4. The summed E-state index contributed by atoms with van der Waals surface area (Å²) < 4.78 is 27.3. The molecule has 1 atom stereocenters. The summed E-state index contributed by atoms with van der Waals surface area (Å²) >= 11 is 0. The number of fused-ring (bicyclic) bond motifs is 1. The molecule has 2 aliphatic heterocycles. The smallest absolute Gasteiger partial charge is 0.248 e. The zero-order valence-electron chi connectivity index (χ0n) is 18.8. The van der Waals surface area contributed by atoms with Crippen molar-refractivity contribution in [2.24, 2.45) is 5.73 Å². The maximum Gasteiger partial charge on any atom is 0.248 e. The number of hydrogen-bond acceptors (Lipinski definition) is 6. The zero-order chi connectivity index (χ0) is 24.5. The maximum absolute atomic E-state index is 13.3. The fourth-order valence-electron chi connectivity index (χ4n) is 4.30. The molecule has 1 fully saturated rings. The Balaban J connectivity index is 1.41. The molecule has 180 valence electrons. The van der Waals surface area contributed by atoms with Gasteiger partial charge in [0.05, 0.1) is 22.8 Å². The zero-order valence-corrected chi connectivity index (χ0v) is 19.6. The van der Waals surface area contributed by atoms with Crippen LogP contribution in [0.4, 0.5) is 11.4 Å². The molecule has 4 rings (SSSR count). The Morgan fingerprint density at radius 3 is 2.32 bits per heavy atom. The highest BCUT2D eigenvalue weighted by Crippen LogP contribution is 2.31. The molecule has 0 aliphatic carbocycles. The number of anilines is 2. The largest absolute Gasteiger partial charge is 0.366 e. The van der Waals surface area contributed by atoms with Gasteiger partial charge in [-0.2, -0.15) is 4.31 Å². The quantitative estimate of drug-likeness (QED) is 0.645. The lowest BCUT2D eigenvalue weighted by Crippen LogP contribution is -2.52. The van der Waals surface area contributed by atoms with Gasteiger partial charge < -0.3 is 16.0 Å². The van der Waals surface area contributed by atoms with Crippen LogP contribution in [0.15, 0.2) is 53.4 Å². The number of benzene rings is 2. The van der Waals surface area contributed by atoms with Crippen molar-refractivity contribution in [1.29, 1.82) is 0 Å². The average Bonchev–Trinajstić information content (AvgIpc) is 2.93. The number of piperazine rings is 1. The fourth-order valence-corrected chi connectivity index (χ4v) is 5.73. The van der Waals surface area contributed by atoms with Crippen molar-refractivity contribution in [3.05, 3.63) is 54.1 Å². The Morgan fingerprint density at radius 2 is 1.68 bits per heavy atom. The van der Waals surface area contributed by atoms with Crippen molar-refractivity contribution in [1.82, 2.24) is 9.21 Å². The number of primary amides is 1. The number of carbonyl (C=O) groups excluding carboxylic acids is 3. The Morgan fingerprint density at radius 1 is 1.03 bits per heavy atom. The molecule has 2 heterocycles. The van der Waals surface area contributed by atoms with Gasteiger partial charge in [0.1, 0.15) is 0 Å². The van der Waals surface area contributed by atoms with Crippen LogP contribution in [-0.2, 0) is 19.6 Å². The topological polar surface area (TPSA) is 133 Å². The van der Waals surface area contributed by atoms with Crippen molar-refractivity contribution in [3.63, 3.8) is 0 Å². The number of nitrogens with two attached hydrogens (primary N) is 1. The number of para-hydroxylation sites is 2. The van der Waals surface area contributed by atoms with Crippen LogP contribution in [-0.4, -0.2) is 74.1 Å². The van der Waals surface area contributed by atoms with E-state index in [2.05, 4.69) is 5.32 Å². The first-order chi connectivity index (χ1) is 16.2. The first kappa shape index (κ1) is 23.9. The van der Waals surface area contributed by atoms with Crippen molar-refractivity contribution in [2.45, 2.75) is 24.3 Å². The summed E-state index contributed by atoms with van der Waals surface area (Å²) in [5, 5.41) is 2.84. The van der Waals surface area contributed by atoms with Crippen LogP contribution >= 0.6 is 0 Å². The van der Waals surface area contributed by atoms with Gasteiger partial charge in [-0.3, -0.25) is 19.3 Å². The van der Waals surface area contributed by atoms with Crippen LogP contribution in [0.2, 0.25) is 0 Å². The standard InChI is InChI=1S/C23H27N5O5S/c1-16-14-21(29)25-19-4-2-3-5-20(19)28(16)22(30)15-26-10-12-27(13-11-26)34(32,33)18-8-6-17(7-9-18)23(24)31/h2-9,16H,10-15H2,1H3,(H2,24,31)(H,25,29)/t16-/m0/s1. The summed E-state index contributed by atoms with van der Waals surface area (Å²) in [7, 11) is -3.72. The number of rotatable bonds is 5. The molecule has 1 saturated heterocycles. The second-order valence-corrected chi connectivity index (χ2v) is 10.4. The van der Waals surface area contributed by atoms with Crippen LogP contribution < -0.4 is 16.0 Å². The fraction of sp³-hybridized carbons (Fsp3) is 0.348. The van der Waals surface area contributed by atoms with E-state index in [1.165, 1.54) is 28.6 Å². The normalized spacial score (nSPS) is 19.7. The molecule has 10 nitrogen and oxygen atoms in total. The predicted octanol–water partition coefficient (Wildman–Crippen LogP) is 0.856. The van der Waals surface area contributed by atoms with Crippen molar-refractivity contribution in [2.75, 3.05) is 42.9 Å². The molecule has 0 saturated carbocycles. The molecular formula is C23H27N5O5S. The predicted molar refractivity (Wildman–Crippen MR) is 127 cm³/mol. The van der Waals surface area contributed by atoms with Crippen LogP contribution in [0, 0.1) is 0 Å². The lowest BCUT2D eigenvalue weighted by molar-refractivity contribution is -0.120. The Hall–Kier alpha value is -3.28. The number of amides is 3. The van der Waals surface area contributed by atoms with Crippen LogP contribution in [0.1, 0.15) is 23.7 Å². The summed E-state index contributed by atoms with van der Waals surface area (Å²) in [6.45, 7) is 3.22. The van der Waals surface area contributed by atoms with Gasteiger partial charge in [0.25, 0.3) is 0 Å². The third-order valence-corrected chi connectivity index (χ3v) is 8.01. The first-order valence-corrected chi connectivity index (χ1v) is 12.4. The molecule has 0 radical (unpaired) electrons. The lowest BCUT2D eigenvalue weighted by atomic mass is 10.1. The summed E-state index contributed by atoms with van der Waals surface area (Å²) in [5.41, 5.74) is 6.72. The number of sulfonamides is 1. The highest BCUT2D eigenvalue weighted by Gasteiger charge is 2.33. The van der Waals surface area contributed by atoms with Gasteiger partial charge in [0.2, 0.25) is 27.7 Å². The molecule has 34 heavy (non-hydrogen) atoms. The van der Waals surface area contributed by atoms with Gasteiger partial charge in [-0.15, -0.1) is 0 Å². The third-order valence-electron chi connectivity index (χ3n) is 6.09. The SMILES string of the molecule is C[C@H]1CC(=O)Nc2ccccc2N1C(=O)CN1CCN(S(=O)(=O)c2ccc(C(N)=O)cc2)CC1. The van der Waals surface area contributed by atoms with Crippen molar-refractivity contribution < 1.29 is 22.8 Å². The molecule has 0 spiro atoms. The van der Waals surface area contributed by atoms with Gasteiger partial charge in [-0.25, -0.2) is 8.42 Å². The summed E-state index contributed by atoms with van der Waals surface area (Å²) in [6.07, 6.45) is 0.195. The molecule has 0 bridgehead atoms. The lowest BCUT2D eigenvalue weighted by Gasteiger charge is -2.35. The number of nitrogens with one attached hydrogen (secondary N) is 1. The Bertz CT molecular complexity index is 1210. The van der Waals surface area contributed by atoms with E-state index < -0.39 is 15.9 Å². The third kappa shape index (κ3) is 4.81. The molecule has 2 aliphatic rings. The number of nitrogens with zero attached hydrogens (tertiary/aromatic N) is 3. The molecule has 0 aromatic heterocycles. The second kappa shape index (κ2) is 9.53. The monoisotopic (exact) mass is 485 g/mol. The highest BCUT2D eigenvalue weighted by molar-refractivity contribution is 7.89. The molecule has 3 amide bonds. The van der Waals surface area contributed by atoms with Gasteiger partial charge in [0.15, 0.2) is 0 Å². The van der Waals surface area contributed by atoms with E-state index in [1.54, 1.807) is 17.0 Å². The highest BCUT2D eigenvalue weighted by atomic mass is 32.2. The van der Waals surface area contributed by atoms with E-state index in [4.69, 9.17) is 5.73 Å². The van der Waals surface area contributed by atoms with Gasteiger partial charge >= 0.3 is 0 Å². The first-order valence-electron chi connectivity index (χ1n) is 11.0. The molecule has 2 aromatic rings. The molecular weight excluding hydrogens is 458 g/mol. The van der Waals surface area contributed by atoms with E-state index in [-0.39, 0.29) is 54.4 Å². The number of carbonyl (C=O) groups is 3. The van der Waals surface area contributed by atoms with Gasteiger partial charge in [-0.1, -0.05) is 12.1 Å². The van der Waals surface area contributed by atoms with E-state index in [0.29, 0.717) is 24.5 Å². The van der Waals surface area contributed by atoms with Gasteiger partial charge in [0, 0.05) is 44.2 Å². The van der Waals surface area contributed by atoms with Crippen LogP contribution in [0.3, 0.4) is 0 Å².